The molecule has 1 aliphatic heterocycles. The van der Waals surface area contributed by atoms with Crippen LogP contribution in [0, 0.1) is 6.92 Å². The molecule has 0 aliphatic carbocycles. The third kappa shape index (κ3) is 4.62. The maximum atomic E-state index is 4.76. The first-order valence-corrected chi connectivity index (χ1v) is 9.73. The molecule has 26 heavy (non-hydrogen) atoms. The minimum atomic E-state index is 0.173. The van der Waals surface area contributed by atoms with Gasteiger partial charge in [0.15, 0.2) is 5.96 Å². The highest BCUT2D eigenvalue weighted by atomic mass is 15.4. The Bertz CT molecular complexity index is 731. The second-order valence-corrected chi connectivity index (χ2v) is 6.76. The van der Waals surface area contributed by atoms with Crippen LogP contribution in [-0.2, 0) is 19.4 Å². The average Bonchev–Trinajstić information content (AvgIpc) is 3.04. The van der Waals surface area contributed by atoms with Gasteiger partial charge in [0.2, 0.25) is 0 Å². The van der Waals surface area contributed by atoms with Crippen LogP contribution in [0.1, 0.15) is 55.5 Å². The van der Waals surface area contributed by atoms with Crippen LogP contribution in [0.4, 0.5) is 0 Å². The summed E-state index contributed by atoms with van der Waals surface area (Å²) in [6, 6.07) is 9.01. The molecule has 0 radical (unpaired) electrons. The molecule has 0 amide bonds. The Morgan fingerprint density at radius 3 is 2.73 bits per heavy atom. The molecule has 0 saturated carbocycles. The largest absolute Gasteiger partial charge is 0.357 e. The Balaban J connectivity index is 1.62. The Labute approximate surface area is 156 Å². The predicted octanol–water partition coefficient (Wildman–Crippen LogP) is 2.78. The molecule has 2 aromatic rings. The van der Waals surface area contributed by atoms with E-state index in [2.05, 4.69) is 58.8 Å². The molecular weight excluding hydrogens is 324 g/mol. The number of aromatic nitrogens is 3. The van der Waals surface area contributed by atoms with E-state index in [1.54, 1.807) is 0 Å². The SMILES string of the molecule is CCNC(=NCCc1ccc(CC)cc1)NC1CCCn2nc(C)nc21. The van der Waals surface area contributed by atoms with Gasteiger partial charge >= 0.3 is 0 Å². The van der Waals surface area contributed by atoms with Gasteiger partial charge in [-0.25, -0.2) is 9.67 Å². The van der Waals surface area contributed by atoms with Crippen LogP contribution in [0.3, 0.4) is 0 Å². The number of rotatable bonds is 6. The van der Waals surface area contributed by atoms with Crippen LogP contribution < -0.4 is 10.6 Å². The fourth-order valence-corrected chi connectivity index (χ4v) is 3.33. The molecule has 1 unspecified atom stereocenters. The molecule has 140 valence electrons. The number of nitrogens with zero attached hydrogens (tertiary/aromatic N) is 4. The lowest BCUT2D eigenvalue weighted by Gasteiger charge is -2.25. The first-order valence-electron chi connectivity index (χ1n) is 9.73. The van der Waals surface area contributed by atoms with Crippen LogP contribution in [0.5, 0.6) is 0 Å². The van der Waals surface area contributed by atoms with Crippen LogP contribution in [0.2, 0.25) is 0 Å². The lowest BCUT2D eigenvalue weighted by Crippen LogP contribution is -2.41. The minimum Gasteiger partial charge on any atom is -0.357 e. The molecule has 3 rings (SSSR count). The van der Waals surface area contributed by atoms with Gasteiger partial charge in [0.25, 0.3) is 0 Å². The number of guanidine groups is 1. The Hall–Kier alpha value is -2.37. The maximum Gasteiger partial charge on any atom is 0.191 e. The normalized spacial score (nSPS) is 17.0. The summed E-state index contributed by atoms with van der Waals surface area (Å²) in [6.45, 7) is 8.78. The number of nitrogens with one attached hydrogen (secondary N) is 2. The molecule has 1 aromatic heterocycles. The van der Waals surface area contributed by atoms with Gasteiger partial charge in [-0.1, -0.05) is 31.2 Å². The molecule has 0 saturated heterocycles. The highest BCUT2D eigenvalue weighted by Gasteiger charge is 2.24. The van der Waals surface area contributed by atoms with Gasteiger partial charge in [-0.05, 0) is 50.7 Å². The molecule has 0 spiro atoms. The fraction of sp³-hybridized carbons (Fsp3) is 0.550. The van der Waals surface area contributed by atoms with Crippen molar-refractivity contribution in [2.45, 2.75) is 59.0 Å². The third-order valence-electron chi connectivity index (χ3n) is 4.74. The predicted molar refractivity (Wildman–Crippen MR) is 105 cm³/mol. The molecule has 1 aliphatic rings. The first-order chi connectivity index (χ1) is 12.7. The summed E-state index contributed by atoms with van der Waals surface area (Å²) in [4.78, 5) is 9.36. The van der Waals surface area contributed by atoms with Crippen molar-refractivity contribution < 1.29 is 0 Å². The Morgan fingerprint density at radius 2 is 2.00 bits per heavy atom. The van der Waals surface area contributed by atoms with E-state index in [9.17, 15) is 0 Å². The second-order valence-electron chi connectivity index (χ2n) is 6.76. The number of hydrogen-bond donors (Lipinski definition) is 2. The number of benzene rings is 1. The van der Waals surface area contributed by atoms with Crippen molar-refractivity contribution in [3.8, 4) is 0 Å². The highest BCUT2D eigenvalue weighted by molar-refractivity contribution is 5.80. The van der Waals surface area contributed by atoms with Crippen molar-refractivity contribution in [2.75, 3.05) is 13.1 Å². The lowest BCUT2D eigenvalue weighted by atomic mass is 10.1. The second kappa shape index (κ2) is 8.83. The van der Waals surface area contributed by atoms with E-state index >= 15 is 0 Å². The van der Waals surface area contributed by atoms with E-state index in [-0.39, 0.29) is 6.04 Å². The Morgan fingerprint density at radius 1 is 1.23 bits per heavy atom. The molecule has 2 heterocycles. The van der Waals surface area contributed by atoms with Gasteiger partial charge in [-0.3, -0.25) is 4.99 Å². The molecule has 6 nitrogen and oxygen atoms in total. The van der Waals surface area contributed by atoms with Gasteiger partial charge in [0, 0.05) is 19.6 Å². The molecule has 1 atom stereocenters. The number of fused-ring (bicyclic) bond motifs is 1. The van der Waals surface area contributed by atoms with Crippen molar-refractivity contribution in [3.05, 3.63) is 47.0 Å². The molecular formula is C20H30N6. The number of aryl methyl sites for hydroxylation is 3. The fourth-order valence-electron chi connectivity index (χ4n) is 3.33. The number of hydrogen-bond acceptors (Lipinski definition) is 3. The molecule has 6 heteroatoms. The van der Waals surface area contributed by atoms with E-state index in [4.69, 9.17) is 4.99 Å². The molecule has 0 bridgehead atoms. The van der Waals surface area contributed by atoms with Crippen LogP contribution in [0.15, 0.2) is 29.3 Å². The van der Waals surface area contributed by atoms with E-state index < -0.39 is 0 Å². The topological polar surface area (TPSA) is 67.1 Å². The van der Waals surface area contributed by atoms with Gasteiger partial charge in [0.05, 0.1) is 6.04 Å². The standard InChI is InChI=1S/C20H30N6/c1-4-16-8-10-17(11-9-16)12-13-22-20(21-5-2)24-18-7-6-14-26-19(18)23-15(3)25-26/h8-11,18H,4-7,12-14H2,1-3H3,(H2,21,22,24). The molecule has 1 aromatic carbocycles. The summed E-state index contributed by atoms with van der Waals surface area (Å²) in [7, 11) is 0. The number of aliphatic imine (C=N–C) groups is 1. The average molecular weight is 355 g/mol. The maximum absolute atomic E-state index is 4.76. The third-order valence-corrected chi connectivity index (χ3v) is 4.74. The van der Waals surface area contributed by atoms with Gasteiger partial charge in [-0.15, -0.1) is 0 Å². The van der Waals surface area contributed by atoms with Crippen LogP contribution in [0.25, 0.3) is 0 Å². The first kappa shape index (κ1) is 18.4. The monoisotopic (exact) mass is 354 g/mol. The zero-order chi connectivity index (χ0) is 18.4. The summed E-state index contributed by atoms with van der Waals surface area (Å²) in [5, 5.41) is 11.4. The van der Waals surface area contributed by atoms with Gasteiger partial charge < -0.3 is 10.6 Å². The molecule has 2 N–H and O–H groups in total. The van der Waals surface area contributed by atoms with Crippen molar-refractivity contribution in [2.24, 2.45) is 4.99 Å². The summed E-state index contributed by atoms with van der Waals surface area (Å²) in [6.07, 6.45) is 4.19. The van der Waals surface area contributed by atoms with E-state index in [0.29, 0.717) is 0 Å². The lowest BCUT2D eigenvalue weighted by molar-refractivity contribution is 0.397. The van der Waals surface area contributed by atoms with Crippen molar-refractivity contribution >= 4 is 5.96 Å². The smallest absolute Gasteiger partial charge is 0.191 e. The van der Waals surface area contributed by atoms with E-state index in [1.165, 1.54) is 11.1 Å². The van der Waals surface area contributed by atoms with E-state index in [1.807, 2.05) is 11.6 Å². The van der Waals surface area contributed by atoms with Gasteiger partial charge in [-0.2, -0.15) is 5.10 Å². The zero-order valence-electron chi connectivity index (χ0n) is 16.1. The zero-order valence-corrected chi connectivity index (χ0v) is 16.1. The Kier molecular flexibility index (Phi) is 6.26. The van der Waals surface area contributed by atoms with Crippen molar-refractivity contribution in [3.63, 3.8) is 0 Å². The van der Waals surface area contributed by atoms with Crippen LogP contribution in [-0.4, -0.2) is 33.8 Å². The summed E-state index contributed by atoms with van der Waals surface area (Å²) < 4.78 is 2.02. The quantitative estimate of drug-likeness (QED) is 0.618. The molecule has 0 fully saturated rings. The summed E-state index contributed by atoms with van der Waals surface area (Å²) in [5.74, 6) is 2.72. The summed E-state index contributed by atoms with van der Waals surface area (Å²) in [5.41, 5.74) is 2.71. The van der Waals surface area contributed by atoms with Crippen molar-refractivity contribution in [1.29, 1.82) is 0 Å². The minimum absolute atomic E-state index is 0.173. The van der Waals surface area contributed by atoms with Crippen molar-refractivity contribution in [1.82, 2.24) is 25.4 Å². The van der Waals surface area contributed by atoms with Gasteiger partial charge in [0.1, 0.15) is 11.6 Å². The summed E-state index contributed by atoms with van der Waals surface area (Å²) >= 11 is 0. The van der Waals surface area contributed by atoms with E-state index in [0.717, 1.165) is 62.9 Å². The van der Waals surface area contributed by atoms with Crippen LogP contribution >= 0.6 is 0 Å². The highest BCUT2D eigenvalue weighted by Crippen LogP contribution is 2.22.